The fourth-order valence-electron chi connectivity index (χ4n) is 3.39. The monoisotopic (exact) mass is 414 g/mol. The van der Waals surface area contributed by atoms with Gasteiger partial charge in [0.05, 0.1) is 24.5 Å². The van der Waals surface area contributed by atoms with Crippen LogP contribution in [0, 0.1) is 6.92 Å². The molecule has 0 radical (unpaired) electrons. The van der Waals surface area contributed by atoms with E-state index in [1.165, 1.54) is 11.3 Å². The van der Waals surface area contributed by atoms with Crippen LogP contribution in [0.25, 0.3) is 10.3 Å². The molecule has 0 bridgehead atoms. The number of thiazole rings is 1. The molecule has 3 aromatic heterocycles. The van der Waals surface area contributed by atoms with E-state index in [1.54, 1.807) is 29.8 Å². The molecule has 29 heavy (non-hydrogen) atoms. The molecule has 10 nitrogen and oxygen atoms in total. The minimum atomic E-state index is -0.160. The van der Waals surface area contributed by atoms with Crippen molar-refractivity contribution >= 4 is 45.2 Å². The van der Waals surface area contributed by atoms with Crippen LogP contribution >= 0.6 is 11.3 Å². The van der Waals surface area contributed by atoms with Crippen molar-refractivity contribution in [3.63, 3.8) is 0 Å². The van der Waals surface area contributed by atoms with Gasteiger partial charge in [0.2, 0.25) is 11.8 Å². The molecule has 1 fully saturated rings. The summed E-state index contributed by atoms with van der Waals surface area (Å²) in [4.78, 5) is 34.6. The molecule has 1 aliphatic rings. The number of nitrogens with two attached hydrogens (primary N) is 1. The van der Waals surface area contributed by atoms with Gasteiger partial charge in [0.1, 0.15) is 5.52 Å². The maximum Gasteiger partial charge on any atom is 0.322 e. The molecule has 2 amide bonds. The number of nitrogens with zero attached hydrogens (tertiary/aromatic N) is 6. The Morgan fingerprint density at radius 3 is 2.90 bits per heavy atom. The first-order valence-electron chi connectivity index (χ1n) is 9.16. The Balaban J connectivity index is 1.47. The third kappa shape index (κ3) is 3.73. The Morgan fingerprint density at radius 1 is 1.34 bits per heavy atom. The van der Waals surface area contributed by atoms with E-state index in [-0.39, 0.29) is 18.0 Å². The third-order valence-electron chi connectivity index (χ3n) is 4.92. The number of nitrogens with one attached hydrogen (secondary N) is 1. The van der Waals surface area contributed by atoms with Crippen LogP contribution in [-0.4, -0.2) is 63.7 Å². The molecule has 4 rings (SSSR count). The van der Waals surface area contributed by atoms with E-state index >= 15 is 0 Å². The number of hydrogen-bond acceptors (Lipinski definition) is 9. The van der Waals surface area contributed by atoms with E-state index in [1.807, 2.05) is 6.92 Å². The Kier molecular flexibility index (Phi) is 5.05. The van der Waals surface area contributed by atoms with Crippen LogP contribution in [0.3, 0.4) is 0 Å². The number of aryl methyl sites for hydroxylation is 1. The molecule has 0 aromatic carbocycles. The van der Waals surface area contributed by atoms with Gasteiger partial charge in [-0.2, -0.15) is 4.98 Å². The van der Waals surface area contributed by atoms with Crippen molar-refractivity contribution < 1.29 is 9.53 Å². The van der Waals surface area contributed by atoms with E-state index in [4.69, 9.17) is 10.5 Å². The summed E-state index contributed by atoms with van der Waals surface area (Å²) in [6, 6.07) is 1.67. The van der Waals surface area contributed by atoms with E-state index in [2.05, 4.69) is 37.1 Å². The zero-order valence-corrected chi connectivity index (χ0v) is 17.2. The highest BCUT2D eigenvalue weighted by atomic mass is 32.1. The lowest BCUT2D eigenvalue weighted by atomic mass is 10.2. The van der Waals surface area contributed by atoms with Crippen LogP contribution < -0.4 is 20.7 Å². The summed E-state index contributed by atoms with van der Waals surface area (Å²) < 4.78 is 5.11. The Hall–Kier alpha value is -3.21. The Labute approximate surface area is 171 Å². The average molecular weight is 414 g/mol. The lowest BCUT2D eigenvalue weighted by Crippen LogP contribution is -2.55. The SMILES string of the molecule is COc1cc(C)c(NC(=O)N2CCN(c3nc(N)nc4scnc34)C(C)C2)cn1. The van der Waals surface area contributed by atoms with Gasteiger partial charge >= 0.3 is 6.03 Å². The predicted molar refractivity (Wildman–Crippen MR) is 113 cm³/mol. The predicted octanol–water partition coefficient (Wildman–Crippen LogP) is 2.12. The van der Waals surface area contributed by atoms with Crippen molar-refractivity contribution in [2.75, 3.05) is 42.7 Å². The zero-order chi connectivity index (χ0) is 20.5. The number of amides is 2. The van der Waals surface area contributed by atoms with Gasteiger partial charge in [0, 0.05) is 31.7 Å². The Morgan fingerprint density at radius 2 is 2.17 bits per heavy atom. The van der Waals surface area contributed by atoms with Crippen molar-refractivity contribution in [1.29, 1.82) is 0 Å². The summed E-state index contributed by atoms with van der Waals surface area (Å²) in [5.41, 5.74) is 9.91. The molecule has 0 aliphatic carbocycles. The summed E-state index contributed by atoms with van der Waals surface area (Å²) in [5.74, 6) is 1.46. The molecule has 4 heterocycles. The number of aromatic nitrogens is 4. The molecule has 0 spiro atoms. The van der Waals surface area contributed by atoms with Crippen molar-refractivity contribution in [2.45, 2.75) is 19.9 Å². The normalized spacial score (nSPS) is 16.9. The van der Waals surface area contributed by atoms with Crippen LogP contribution in [0.4, 0.5) is 22.2 Å². The molecule has 1 atom stereocenters. The molecule has 3 N–H and O–H groups in total. The van der Waals surface area contributed by atoms with Crippen molar-refractivity contribution in [1.82, 2.24) is 24.8 Å². The standard InChI is InChI=1S/C18H22N8O2S/c1-10-6-13(28-3)20-7-12(10)22-18(27)25-4-5-26(11(2)8-25)15-14-16(29-9-21-14)24-17(19)23-15/h6-7,9,11H,4-5,8H2,1-3H3,(H,22,27)(H2,19,23,24). The minimum absolute atomic E-state index is 0.0452. The lowest BCUT2D eigenvalue weighted by Gasteiger charge is -2.40. The van der Waals surface area contributed by atoms with Gasteiger partial charge in [-0.25, -0.2) is 19.7 Å². The van der Waals surface area contributed by atoms with Gasteiger partial charge in [0.25, 0.3) is 0 Å². The maximum absolute atomic E-state index is 12.8. The highest BCUT2D eigenvalue weighted by Gasteiger charge is 2.29. The lowest BCUT2D eigenvalue weighted by molar-refractivity contribution is 0.200. The molecule has 1 saturated heterocycles. The van der Waals surface area contributed by atoms with Gasteiger partial charge in [0.15, 0.2) is 10.6 Å². The highest BCUT2D eigenvalue weighted by Crippen LogP contribution is 2.29. The molecule has 1 aliphatic heterocycles. The van der Waals surface area contributed by atoms with Crippen LogP contribution in [0.1, 0.15) is 12.5 Å². The van der Waals surface area contributed by atoms with Crippen molar-refractivity contribution in [2.24, 2.45) is 0 Å². The maximum atomic E-state index is 12.8. The van der Waals surface area contributed by atoms with E-state index in [0.717, 1.165) is 21.7 Å². The first kappa shape index (κ1) is 19.1. The molecule has 3 aromatic rings. The van der Waals surface area contributed by atoms with E-state index in [9.17, 15) is 4.79 Å². The fraction of sp³-hybridized carbons (Fsp3) is 0.389. The number of rotatable bonds is 3. The number of ether oxygens (including phenoxy) is 1. The van der Waals surface area contributed by atoms with Crippen molar-refractivity contribution in [3.05, 3.63) is 23.3 Å². The van der Waals surface area contributed by atoms with Crippen LogP contribution in [0.5, 0.6) is 5.88 Å². The number of urea groups is 1. The average Bonchev–Trinajstić information content (AvgIpc) is 3.17. The molecule has 0 saturated carbocycles. The number of anilines is 3. The van der Waals surface area contributed by atoms with Gasteiger partial charge < -0.3 is 25.6 Å². The topological polar surface area (TPSA) is 122 Å². The minimum Gasteiger partial charge on any atom is -0.481 e. The smallest absolute Gasteiger partial charge is 0.322 e. The summed E-state index contributed by atoms with van der Waals surface area (Å²) in [6.07, 6.45) is 1.61. The summed E-state index contributed by atoms with van der Waals surface area (Å²) in [5, 5.41) is 2.94. The number of fused-ring (bicyclic) bond motifs is 1. The van der Waals surface area contributed by atoms with E-state index in [0.29, 0.717) is 31.2 Å². The first-order valence-corrected chi connectivity index (χ1v) is 10.0. The number of hydrogen-bond donors (Lipinski definition) is 2. The summed E-state index contributed by atoms with van der Waals surface area (Å²) in [7, 11) is 1.56. The zero-order valence-electron chi connectivity index (χ0n) is 16.4. The number of pyridine rings is 1. The number of carbonyl (C=O) groups excluding carboxylic acids is 1. The molecular formula is C18H22N8O2S. The first-order chi connectivity index (χ1) is 14.0. The van der Waals surface area contributed by atoms with Crippen LogP contribution in [0.2, 0.25) is 0 Å². The quantitative estimate of drug-likeness (QED) is 0.668. The molecule has 11 heteroatoms. The van der Waals surface area contributed by atoms with E-state index < -0.39 is 0 Å². The van der Waals surface area contributed by atoms with Gasteiger partial charge in [-0.05, 0) is 19.4 Å². The fourth-order valence-corrected chi connectivity index (χ4v) is 4.05. The Bertz CT molecular complexity index is 1060. The highest BCUT2D eigenvalue weighted by molar-refractivity contribution is 7.16. The second-order valence-corrected chi connectivity index (χ2v) is 7.70. The number of piperazine rings is 1. The second kappa shape index (κ2) is 7.66. The van der Waals surface area contributed by atoms with Crippen LogP contribution in [0.15, 0.2) is 17.8 Å². The van der Waals surface area contributed by atoms with Gasteiger partial charge in [-0.3, -0.25) is 0 Å². The third-order valence-corrected chi connectivity index (χ3v) is 5.64. The number of methoxy groups -OCH3 is 1. The van der Waals surface area contributed by atoms with Gasteiger partial charge in [-0.1, -0.05) is 0 Å². The molecular weight excluding hydrogens is 392 g/mol. The van der Waals surface area contributed by atoms with Gasteiger partial charge in [-0.15, -0.1) is 11.3 Å². The summed E-state index contributed by atoms with van der Waals surface area (Å²) in [6.45, 7) is 5.67. The molecule has 152 valence electrons. The molecule has 1 unspecified atom stereocenters. The second-order valence-electron chi connectivity index (χ2n) is 6.87. The van der Waals surface area contributed by atoms with Crippen molar-refractivity contribution in [3.8, 4) is 5.88 Å². The van der Waals surface area contributed by atoms with Crippen LogP contribution in [-0.2, 0) is 0 Å². The number of carbonyl (C=O) groups is 1. The summed E-state index contributed by atoms with van der Waals surface area (Å²) >= 11 is 1.43. The number of nitrogen functional groups attached to an aromatic ring is 1. The largest absolute Gasteiger partial charge is 0.481 e.